The van der Waals surface area contributed by atoms with Crippen LogP contribution in [0, 0.1) is 17.3 Å². The van der Waals surface area contributed by atoms with Gasteiger partial charge in [0.2, 0.25) is 11.8 Å². The van der Waals surface area contributed by atoms with Crippen LogP contribution >= 0.6 is 0 Å². The highest BCUT2D eigenvalue weighted by molar-refractivity contribution is 6.08. The summed E-state index contributed by atoms with van der Waals surface area (Å²) in [6.07, 6.45) is 1.45. The van der Waals surface area contributed by atoms with Crippen molar-refractivity contribution in [2.24, 2.45) is 17.3 Å². The fourth-order valence-corrected chi connectivity index (χ4v) is 7.40. The molecular formula is C45H56N2O8. The van der Waals surface area contributed by atoms with Crippen LogP contribution in [0.5, 0.6) is 23.0 Å². The van der Waals surface area contributed by atoms with E-state index in [9.17, 15) is 19.8 Å². The van der Waals surface area contributed by atoms with Gasteiger partial charge in [-0.3, -0.25) is 9.59 Å². The Balaban J connectivity index is 1.52. The maximum Gasteiger partial charge on any atom is 0.236 e. The number of hydrogen-bond acceptors (Lipinski definition) is 8. The molecule has 0 heterocycles. The highest BCUT2D eigenvalue weighted by Crippen LogP contribution is 2.48. The first-order valence-corrected chi connectivity index (χ1v) is 18.9. The van der Waals surface area contributed by atoms with Gasteiger partial charge in [-0.2, -0.15) is 0 Å². The lowest BCUT2D eigenvalue weighted by Gasteiger charge is -2.40. The van der Waals surface area contributed by atoms with Crippen molar-refractivity contribution in [1.82, 2.24) is 10.6 Å². The molecule has 5 rings (SSSR count). The molecule has 0 spiro atoms. The monoisotopic (exact) mass is 752 g/mol. The van der Waals surface area contributed by atoms with Crippen LogP contribution in [0.4, 0.5) is 0 Å². The van der Waals surface area contributed by atoms with Crippen molar-refractivity contribution in [2.45, 2.75) is 76.7 Å². The Labute approximate surface area is 325 Å². The van der Waals surface area contributed by atoms with E-state index in [2.05, 4.69) is 10.6 Å². The average molecular weight is 753 g/mol. The van der Waals surface area contributed by atoms with Gasteiger partial charge in [0, 0.05) is 0 Å². The minimum Gasteiger partial charge on any atom is -0.497 e. The Morgan fingerprint density at radius 1 is 0.527 bits per heavy atom. The Bertz CT molecular complexity index is 1640. The van der Waals surface area contributed by atoms with Gasteiger partial charge in [-0.05, 0) is 108 Å². The molecule has 4 aromatic carbocycles. The molecule has 10 nitrogen and oxygen atoms in total. The third-order valence-electron chi connectivity index (χ3n) is 10.8. The zero-order valence-corrected chi connectivity index (χ0v) is 33.2. The van der Waals surface area contributed by atoms with E-state index in [0.717, 1.165) is 0 Å². The number of hydrogen-bond donors (Lipinski definition) is 4. The molecule has 55 heavy (non-hydrogen) atoms. The van der Waals surface area contributed by atoms with E-state index in [1.807, 2.05) is 27.7 Å². The number of nitrogens with one attached hydrogen (secondary N) is 2. The van der Waals surface area contributed by atoms with Gasteiger partial charge >= 0.3 is 0 Å². The second-order valence-electron chi connectivity index (χ2n) is 15.3. The molecule has 10 heteroatoms. The predicted molar refractivity (Wildman–Crippen MR) is 212 cm³/mol. The summed E-state index contributed by atoms with van der Waals surface area (Å²) in [5.74, 6) is 1.68. The van der Waals surface area contributed by atoms with Crippen molar-refractivity contribution < 1.29 is 38.7 Å². The van der Waals surface area contributed by atoms with Crippen LogP contribution in [0.2, 0.25) is 0 Å². The van der Waals surface area contributed by atoms with E-state index in [1.165, 1.54) is 0 Å². The van der Waals surface area contributed by atoms with Crippen LogP contribution in [-0.4, -0.2) is 62.6 Å². The predicted octanol–water partition coefficient (Wildman–Crippen LogP) is 6.74. The van der Waals surface area contributed by atoms with E-state index >= 15 is 0 Å². The van der Waals surface area contributed by atoms with Crippen molar-refractivity contribution in [2.75, 3.05) is 28.4 Å². The van der Waals surface area contributed by atoms with Crippen molar-refractivity contribution >= 4 is 11.8 Å². The molecule has 2 atom stereocenters. The SMILES string of the molecule is COc1ccc(C(O)(c2ccc(OC)cc2)[C@@H](CC(C)C)NC(=O)C2(C(=O)N[C@H](CC(C)C)C(O)(c3ccc(OC)cc3)c3ccc(OC)cc3)CC2)cc1. The molecule has 0 aromatic heterocycles. The van der Waals surface area contributed by atoms with Gasteiger partial charge in [0.1, 0.15) is 39.6 Å². The third-order valence-corrected chi connectivity index (χ3v) is 10.8. The molecule has 1 aliphatic carbocycles. The van der Waals surface area contributed by atoms with Gasteiger partial charge in [0.25, 0.3) is 0 Å². The number of ether oxygens (including phenoxy) is 4. The van der Waals surface area contributed by atoms with E-state index < -0.39 is 40.5 Å². The summed E-state index contributed by atoms with van der Waals surface area (Å²) >= 11 is 0. The summed E-state index contributed by atoms with van der Waals surface area (Å²) in [5, 5.41) is 32.1. The summed E-state index contributed by atoms with van der Waals surface area (Å²) in [6, 6.07) is 26.9. The maximum atomic E-state index is 14.6. The number of aliphatic hydroxyl groups is 2. The van der Waals surface area contributed by atoms with Gasteiger partial charge in [-0.15, -0.1) is 0 Å². The quantitative estimate of drug-likeness (QED) is 0.0822. The van der Waals surface area contributed by atoms with Gasteiger partial charge in [0.05, 0.1) is 40.5 Å². The molecule has 1 saturated carbocycles. The normalized spacial score (nSPS) is 14.8. The summed E-state index contributed by atoms with van der Waals surface area (Å²) in [5.41, 5.74) is -2.55. The third kappa shape index (κ3) is 8.61. The first-order valence-electron chi connectivity index (χ1n) is 18.9. The minimum atomic E-state index is -1.69. The van der Waals surface area contributed by atoms with Crippen LogP contribution in [0.3, 0.4) is 0 Å². The topological polar surface area (TPSA) is 136 Å². The Morgan fingerprint density at radius 2 is 0.764 bits per heavy atom. The number of amides is 2. The van der Waals surface area contributed by atoms with Crippen LogP contribution in [0.25, 0.3) is 0 Å². The van der Waals surface area contributed by atoms with Crippen LogP contribution in [0.15, 0.2) is 97.1 Å². The molecule has 294 valence electrons. The molecule has 1 aliphatic rings. The first kappa shape index (κ1) is 41.1. The molecule has 0 unspecified atom stereocenters. The minimum absolute atomic E-state index is 0.0664. The second kappa shape index (κ2) is 17.2. The van der Waals surface area contributed by atoms with E-state index in [1.54, 1.807) is 126 Å². The van der Waals surface area contributed by atoms with Crippen molar-refractivity contribution in [3.05, 3.63) is 119 Å². The number of benzene rings is 4. The van der Waals surface area contributed by atoms with Crippen LogP contribution in [-0.2, 0) is 20.8 Å². The largest absolute Gasteiger partial charge is 0.497 e. The molecule has 0 aliphatic heterocycles. The summed E-state index contributed by atoms with van der Waals surface area (Å²) in [7, 11) is 6.31. The number of methoxy groups -OCH3 is 4. The van der Waals surface area contributed by atoms with Gasteiger partial charge in [0.15, 0.2) is 0 Å². The fraction of sp³-hybridized carbons (Fsp3) is 0.422. The number of carbonyl (C=O) groups excluding carboxylic acids is 2. The molecule has 0 saturated heterocycles. The highest BCUT2D eigenvalue weighted by Gasteiger charge is 2.59. The number of carbonyl (C=O) groups is 2. The van der Waals surface area contributed by atoms with Gasteiger partial charge < -0.3 is 39.8 Å². The Morgan fingerprint density at radius 3 is 0.945 bits per heavy atom. The van der Waals surface area contributed by atoms with Gasteiger partial charge in [-0.25, -0.2) is 0 Å². The lowest BCUT2D eigenvalue weighted by molar-refractivity contribution is -0.140. The van der Waals surface area contributed by atoms with E-state index in [0.29, 0.717) is 70.9 Å². The van der Waals surface area contributed by atoms with E-state index in [-0.39, 0.29) is 11.8 Å². The zero-order chi connectivity index (χ0) is 40.0. The lowest BCUT2D eigenvalue weighted by atomic mass is 9.76. The van der Waals surface area contributed by atoms with Gasteiger partial charge in [-0.1, -0.05) is 76.2 Å². The Hall–Kier alpha value is -5.06. The molecule has 4 aromatic rings. The molecule has 0 bridgehead atoms. The van der Waals surface area contributed by atoms with Crippen molar-refractivity contribution in [3.8, 4) is 23.0 Å². The second-order valence-corrected chi connectivity index (χ2v) is 15.3. The fourth-order valence-electron chi connectivity index (χ4n) is 7.40. The highest BCUT2D eigenvalue weighted by atomic mass is 16.5. The molecule has 2 amide bonds. The van der Waals surface area contributed by atoms with Crippen LogP contribution in [0.1, 0.15) is 75.6 Å². The molecular weight excluding hydrogens is 697 g/mol. The van der Waals surface area contributed by atoms with Crippen molar-refractivity contribution in [3.63, 3.8) is 0 Å². The average Bonchev–Trinajstić information content (AvgIpc) is 4.02. The first-order chi connectivity index (χ1) is 26.2. The summed E-state index contributed by atoms with van der Waals surface area (Å²) < 4.78 is 21.6. The molecule has 0 radical (unpaired) electrons. The molecule has 1 fully saturated rings. The zero-order valence-electron chi connectivity index (χ0n) is 33.2. The smallest absolute Gasteiger partial charge is 0.236 e. The standard InChI is InChI=1S/C45H56N2O8/c1-29(2)27-39(44(50,31-9-17-35(52-5)18-10-31)32-11-19-36(53-6)20-12-32)46-41(48)43(25-26-43)42(49)47-40(28-30(3)4)45(51,33-13-21-37(54-7)22-14-33)34-15-23-38(55-8)24-16-34/h9-24,29-30,39-40,50-51H,25-28H2,1-8H3,(H,46,48)(H,47,49)/t39-,40-/m1/s1. The van der Waals surface area contributed by atoms with Crippen LogP contribution < -0.4 is 29.6 Å². The van der Waals surface area contributed by atoms with Crippen molar-refractivity contribution in [1.29, 1.82) is 0 Å². The molecule has 4 N–H and O–H groups in total. The maximum absolute atomic E-state index is 14.6. The lowest BCUT2D eigenvalue weighted by Crippen LogP contribution is -2.58. The Kier molecular flexibility index (Phi) is 12.8. The summed E-state index contributed by atoms with van der Waals surface area (Å²) in [4.78, 5) is 29.2. The van der Waals surface area contributed by atoms with E-state index in [4.69, 9.17) is 18.9 Å². The summed E-state index contributed by atoms with van der Waals surface area (Å²) in [6.45, 7) is 8.10. The number of rotatable bonds is 18.